The van der Waals surface area contributed by atoms with E-state index in [1.807, 2.05) is 54.6 Å². The summed E-state index contributed by atoms with van der Waals surface area (Å²) in [6.07, 6.45) is 1.70. The fraction of sp³-hybridized carbons (Fsp3) is 0.0833. The van der Waals surface area contributed by atoms with Crippen molar-refractivity contribution in [1.82, 2.24) is 25.5 Å². The van der Waals surface area contributed by atoms with Crippen molar-refractivity contribution in [3.8, 4) is 0 Å². The summed E-state index contributed by atoms with van der Waals surface area (Å²) in [6.45, 7) is 0. The first kappa shape index (κ1) is 18.7. The van der Waals surface area contributed by atoms with Crippen LogP contribution in [0, 0.1) is 0 Å². The van der Waals surface area contributed by atoms with E-state index in [0.29, 0.717) is 16.5 Å². The number of benzene rings is 3. The van der Waals surface area contributed by atoms with Gasteiger partial charge >= 0.3 is 0 Å². The van der Waals surface area contributed by atoms with Gasteiger partial charge in [0.25, 0.3) is 5.56 Å². The van der Waals surface area contributed by atoms with Gasteiger partial charge in [-0.2, -0.15) is 5.10 Å². The molecule has 2 heterocycles. The van der Waals surface area contributed by atoms with Crippen molar-refractivity contribution >= 4 is 27.7 Å². The summed E-state index contributed by atoms with van der Waals surface area (Å²) in [5.74, 6) is -0.191. The molecule has 0 unspecified atom stereocenters. The lowest BCUT2D eigenvalue weighted by molar-refractivity contribution is -0.121. The maximum absolute atomic E-state index is 13.0. The molecule has 0 aliphatic heterocycles. The fourth-order valence-electron chi connectivity index (χ4n) is 3.81. The third-order valence-corrected chi connectivity index (χ3v) is 5.32. The first-order valence-corrected chi connectivity index (χ1v) is 9.93. The van der Waals surface area contributed by atoms with E-state index in [-0.39, 0.29) is 23.9 Å². The summed E-state index contributed by atoms with van der Waals surface area (Å²) in [7, 11) is 0. The molecule has 31 heavy (non-hydrogen) atoms. The van der Waals surface area contributed by atoms with E-state index in [1.54, 1.807) is 24.5 Å². The second kappa shape index (κ2) is 7.87. The van der Waals surface area contributed by atoms with E-state index in [2.05, 4.69) is 25.5 Å². The number of hydrogen-bond donors (Lipinski definition) is 3. The van der Waals surface area contributed by atoms with Gasteiger partial charge in [0.05, 0.1) is 40.9 Å². The van der Waals surface area contributed by atoms with Crippen molar-refractivity contribution < 1.29 is 4.79 Å². The fourth-order valence-corrected chi connectivity index (χ4v) is 3.81. The maximum Gasteiger partial charge on any atom is 0.272 e. The van der Waals surface area contributed by atoms with Crippen LogP contribution in [0.1, 0.15) is 22.9 Å². The minimum atomic E-state index is -0.338. The second-order valence-electron chi connectivity index (χ2n) is 7.31. The molecule has 0 radical (unpaired) electrons. The van der Waals surface area contributed by atoms with Crippen LogP contribution in [-0.2, 0) is 11.2 Å². The highest BCUT2D eigenvalue weighted by atomic mass is 16.1. The zero-order valence-corrected chi connectivity index (χ0v) is 16.5. The molecule has 7 nitrogen and oxygen atoms in total. The third-order valence-electron chi connectivity index (χ3n) is 5.32. The molecule has 3 aromatic carbocycles. The topological polar surface area (TPSA) is 104 Å². The van der Waals surface area contributed by atoms with Crippen LogP contribution in [-0.4, -0.2) is 26.1 Å². The van der Waals surface area contributed by atoms with Crippen LogP contribution < -0.4 is 10.9 Å². The van der Waals surface area contributed by atoms with E-state index in [4.69, 9.17) is 0 Å². The van der Waals surface area contributed by atoms with E-state index in [9.17, 15) is 9.59 Å². The average molecular weight is 409 g/mol. The Kier molecular flexibility index (Phi) is 4.76. The van der Waals surface area contributed by atoms with Crippen LogP contribution >= 0.6 is 0 Å². The number of imidazole rings is 1. The molecule has 1 amide bonds. The standard InChI is InChI=1S/C24H19N5O2/c30-22(13-20-17-8-4-5-9-18(17)24(31)29-28-20)27-23(15-6-2-1-3-7-15)16-10-11-19-21(12-16)26-14-25-19/h1-12,14,23H,13H2,(H,25,26)(H,27,30)(H,29,31)/t23-/m1/s1. The molecule has 7 heteroatoms. The number of fused-ring (bicyclic) bond motifs is 2. The number of carbonyl (C=O) groups excluding carboxylic acids is 1. The van der Waals surface area contributed by atoms with Gasteiger partial charge in [-0.25, -0.2) is 10.1 Å². The SMILES string of the molecule is O=C(Cc1n[nH]c(=O)c2ccccc12)N[C@H](c1ccccc1)c1ccc2nc[nH]c2c1. The molecular weight excluding hydrogens is 390 g/mol. The largest absolute Gasteiger partial charge is 0.345 e. The van der Waals surface area contributed by atoms with Gasteiger partial charge in [0, 0.05) is 5.39 Å². The Morgan fingerprint density at radius 3 is 2.55 bits per heavy atom. The number of carbonyl (C=O) groups is 1. The smallest absolute Gasteiger partial charge is 0.272 e. The predicted octanol–water partition coefficient (Wildman–Crippen LogP) is 3.25. The average Bonchev–Trinajstić information content (AvgIpc) is 3.28. The highest BCUT2D eigenvalue weighted by Gasteiger charge is 2.19. The number of aromatic nitrogens is 4. The van der Waals surface area contributed by atoms with Crippen molar-refractivity contribution in [3.05, 3.63) is 106 Å². The predicted molar refractivity (Wildman–Crippen MR) is 119 cm³/mol. The molecule has 0 saturated heterocycles. The maximum atomic E-state index is 13.0. The lowest BCUT2D eigenvalue weighted by atomic mass is 9.98. The quantitative estimate of drug-likeness (QED) is 0.414. The zero-order valence-electron chi connectivity index (χ0n) is 16.5. The summed E-state index contributed by atoms with van der Waals surface area (Å²) in [4.78, 5) is 32.5. The zero-order chi connectivity index (χ0) is 21.2. The lowest BCUT2D eigenvalue weighted by Crippen LogP contribution is -2.31. The first-order chi connectivity index (χ1) is 15.2. The number of hydrogen-bond acceptors (Lipinski definition) is 4. The summed E-state index contributed by atoms with van der Waals surface area (Å²) < 4.78 is 0. The number of H-pyrrole nitrogens is 2. The van der Waals surface area contributed by atoms with Gasteiger partial charge in [-0.3, -0.25) is 9.59 Å². The molecular formula is C24H19N5O2. The molecule has 5 aromatic rings. The highest BCUT2D eigenvalue weighted by molar-refractivity contribution is 5.88. The number of nitrogens with one attached hydrogen (secondary N) is 3. The van der Waals surface area contributed by atoms with Crippen LogP contribution in [0.25, 0.3) is 21.8 Å². The number of aromatic amines is 2. The summed E-state index contributed by atoms with van der Waals surface area (Å²) in [5.41, 5.74) is 3.94. The molecule has 0 fully saturated rings. The summed E-state index contributed by atoms with van der Waals surface area (Å²) in [6, 6.07) is 22.5. The minimum absolute atomic E-state index is 0.0485. The molecule has 0 aliphatic rings. The van der Waals surface area contributed by atoms with Gasteiger partial charge in [0.2, 0.25) is 5.91 Å². The third kappa shape index (κ3) is 3.69. The summed E-state index contributed by atoms with van der Waals surface area (Å²) in [5, 5.41) is 10.9. The van der Waals surface area contributed by atoms with Crippen molar-refractivity contribution in [1.29, 1.82) is 0 Å². The van der Waals surface area contributed by atoms with E-state index in [0.717, 1.165) is 22.2 Å². The van der Waals surface area contributed by atoms with Crippen LogP contribution in [0.4, 0.5) is 0 Å². The Balaban J connectivity index is 1.48. The molecule has 0 bridgehead atoms. The molecule has 3 N–H and O–H groups in total. The number of rotatable bonds is 5. The van der Waals surface area contributed by atoms with Gasteiger partial charge < -0.3 is 10.3 Å². The monoisotopic (exact) mass is 409 g/mol. The van der Waals surface area contributed by atoms with E-state index >= 15 is 0 Å². The van der Waals surface area contributed by atoms with Gasteiger partial charge in [0.1, 0.15) is 0 Å². The summed E-state index contributed by atoms with van der Waals surface area (Å²) >= 11 is 0. The minimum Gasteiger partial charge on any atom is -0.345 e. The van der Waals surface area contributed by atoms with Crippen LogP contribution in [0.5, 0.6) is 0 Å². The molecule has 0 aliphatic carbocycles. The molecule has 1 atom stereocenters. The molecule has 2 aromatic heterocycles. The van der Waals surface area contributed by atoms with Gasteiger partial charge in [-0.1, -0.05) is 54.6 Å². The van der Waals surface area contributed by atoms with Crippen LogP contribution in [0.2, 0.25) is 0 Å². The lowest BCUT2D eigenvalue weighted by Gasteiger charge is -2.20. The van der Waals surface area contributed by atoms with Gasteiger partial charge in [0.15, 0.2) is 0 Å². The Labute approximate surface area is 177 Å². The molecule has 0 saturated carbocycles. The van der Waals surface area contributed by atoms with Gasteiger partial charge in [-0.05, 0) is 29.3 Å². The highest BCUT2D eigenvalue weighted by Crippen LogP contribution is 2.25. The van der Waals surface area contributed by atoms with Gasteiger partial charge in [-0.15, -0.1) is 0 Å². The van der Waals surface area contributed by atoms with E-state index in [1.165, 1.54) is 0 Å². The first-order valence-electron chi connectivity index (χ1n) is 9.93. The van der Waals surface area contributed by atoms with Crippen molar-refractivity contribution in [2.45, 2.75) is 12.5 Å². The Morgan fingerprint density at radius 1 is 0.935 bits per heavy atom. The Bertz CT molecular complexity index is 1440. The Morgan fingerprint density at radius 2 is 1.71 bits per heavy atom. The van der Waals surface area contributed by atoms with Crippen LogP contribution in [0.3, 0.4) is 0 Å². The Hall–Kier alpha value is -4.26. The molecule has 152 valence electrons. The van der Waals surface area contributed by atoms with Crippen LogP contribution in [0.15, 0.2) is 83.9 Å². The second-order valence-corrected chi connectivity index (χ2v) is 7.31. The van der Waals surface area contributed by atoms with E-state index < -0.39 is 0 Å². The normalized spacial score (nSPS) is 12.1. The van der Waals surface area contributed by atoms with Crippen molar-refractivity contribution in [2.24, 2.45) is 0 Å². The molecule has 0 spiro atoms. The number of amides is 1. The molecule has 5 rings (SSSR count). The number of nitrogens with zero attached hydrogens (tertiary/aromatic N) is 2. The van der Waals surface area contributed by atoms with Crippen molar-refractivity contribution in [2.75, 3.05) is 0 Å². The van der Waals surface area contributed by atoms with Crippen molar-refractivity contribution in [3.63, 3.8) is 0 Å².